The number of hydrogen-bond donors (Lipinski definition) is 0. The second-order valence-corrected chi connectivity index (χ2v) is 1.65. The molecule has 1 heterocycles. The summed E-state index contributed by atoms with van der Waals surface area (Å²) in [5.41, 5.74) is 0. The van der Waals surface area contributed by atoms with Crippen LogP contribution in [0.4, 0.5) is 0 Å². The fraction of sp³-hybridized carbons (Fsp3) is 0.600. The number of ether oxygens (including phenoxy) is 1. The highest BCUT2D eigenvalue weighted by atomic mass is 16.5. The summed E-state index contributed by atoms with van der Waals surface area (Å²) in [4.78, 5) is 10.2. The van der Waals surface area contributed by atoms with Gasteiger partial charge in [-0.1, -0.05) is 0 Å². The lowest BCUT2D eigenvalue weighted by Crippen LogP contribution is -2.01. The van der Waals surface area contributed by atoms with Gasteiger partial charge in [-0.3, -0.25) is 4.79 Å². The maximum Gasteiger partial charge on any atom is 0.307 e. The third-order valence-electron chi connectivity index (χ3n) is 1.03. The lowest BCUT2D eigenvalue weighted by atomic mass is 10.3. The molecule has 0 aromatic heterocycles. The van der Waals surface area contributed by atoms with Crippen LogP contribution < -0.4 is 0 Å². The van der Waals surface area contributed by atoms with Crippen molar-refractivity contribution >= 4 is 5.97 Å². The first-order chi connectivity index (χ1) is 3.83. The van der Waals surface area contributed by atoms with Crippen molar-refractivity contribution in [3.8, 4) is 6.07 Å². The van der Waals surface area contributed by atoms with E-state index in [1.165, 1.54) is 0 Å². The molecule has 3 heteroatoms. The smallest absolute Gasteiger partial charge is 0.307 e. The average Bonchev–Trinajstić information content (AvgIpc) is 2.14. The van der Waals surface area contributed by atoms with Gasteiger partial charge >= 0.3 is 5.97 Å². The van der Waals surface area contributed by atoms with Gasteiger partial charge in [-0.05, 0) is 0 Å². The van der Waals surface area contributed by atoms with Gasteiger partial charge in [0.05, 0.1) is 6.42 Å². The summed E-state index contributed by atoms with van der Waals surface area (Å²) in [5.74, 6) is -0.253. The van der Waals surface area contributed by atoms with E-state index in [0.717, 1.165) is 0 Å². The number of hydrogen-bond acceptors (Lipinski definition) is 3. The molecule has 1 aliphatic heterocycles. The summed E-state index contributed by atoms with van der Waals surface area (Å²) < 4.78 is 4.51. The number of nitriles is 1. The minimum atomic E-state index is -0.470. The predicted octanol–water partition coefficient (Wildman–Crippen LogP) is 0.216. The molecule has 1 atom stereocenters. The van der Waals surface area contributed by atoms with Crippen LogP contribution in [-0.2, 0) is 9.53 Å². The molecule has 1 fully saturated rings. The summed E-state index contributed by atoms with van der Waals surface area (Å²) in [5, 5.41) is 8.16. The second-order valence-electron chi connectivity index (χ2n) is 1.65. The van der Waals surface area contributed by atoms with Gasteiger partial charge in [0, 0.05) is 6.42 Å². The van der Waals surface area contributed by atoms with E-state index >= 15 is 0 Å². The molecule has 42 valence electrons. The van der Waals surface area contributed by atoms with Crippen LogP contribution in [0.25, 0.3) is 0 Å². The highest BCUT2D eigenvalue weighted by Crippen LogP contribution is 2.11. The summed E-state index contributed by atoms with van der Waals surface area (Å²) in [6.07, 6.45) is 0.496. The van der Waals surface area contributed by atoms with Gasteiger partial charge in [0.1, 0.15) is 6.07 Å². The first-order valence-corrected chi connectivity index (χ1v) is 2.42. The van der Waals surface area contributed by atoms with E-state index < -0.39 is 6.10 Å². The van der Waals surface area contributed by atoms with Crippen molar-refractivity contribution < 1.29 is 9.53 Å². The lowest BCUT2D eigenvalue weighted by molar-refractivity contribution is -0.139. The van der Waals surface area contributed by atoms with Crippen molar-refractivity contribution in [2.45, 2.75) is 18.9 Å². The monoisotopic (exact) mass is 111 g/mol. The van der Waals surface area contributed by atoms with Gasteiger partial charge in [-0.2, -0.15) is 5.26 Å². The maximum atomic E-state index is 10.2. The fourth-order valence-corrected chi connectivity index (χ4v) is 0.616. The highest BCUT2D eigenvalue weighted by molar-refractivity contribution is 5.71. The van der Waals surface area contributed by atoms with E-state index in [4.69, 9.17) is 5.26 Å². The molecule has 0 spiro atoms. The van der Waals surface area contributed by atoms with E-state index in [1.54, 1.807) is 0 Å². The van der Waals surface area contributed by atoms with Crippen molar-refractivity contribution in [2.24, 2.45) is 0 Å². The number of esters is 1. The Bertz CT molecular complexity index is 147. The molecule has 0 radical (unpaired) electrons. The van der Waals surface area contributed by atoms with E-state index in [1.807, 2.05) is 6.07 Å². The van der Waals surface area contributed by atoms with Crippen LogP contribution in [0.15, 0.2) is 0 Å². The van der Waals surface area contributed by atoms with Gasteiger partial charge < -0.3 is 4.74 Å². The Morgan fingerprint density at radius 3 is 2.88 bits per heavy atom. The molecule has 0 aromatic rings. The van der Waals surface area contributed by atoms with Crippen LogP contribution in [-0.4, -0.2) is 12.1 Å². The van der Waals surface area contributed by atoms with Crippen LogP contribution in [0.5, 0.6) is 0 Å². The van der Waals surface area contributed by atoms with Crippen molar-refractivity contribution in [1.82, 2.24) is 0 Å². The molecule has 0 unspecified atom stereocenters. The Labute approximate surface area is 46.9 Å². The SMILES string of the molecule is N#C[C@@H]1CCC(=O)O1. The van der Waals surface area contributed by atoms with E-state index in [-0.39, 0.29) is 5.97 Å². The topological polar surface area (TPSA) is 50.1 Å². The molecule has 0 saturated carbocycles. The standard InChI is InChI=1S/C5H5NO2/c6-3-4-1-2-5(7)8-4/h4H,1-2H2/t4-/m0/s1. The fourth-order valence-electron chi connectivity index (χ4n) is 0.616. The Balaban J connectivity index is 2.47. The molecule has 0 N–H and O–H groups in total. The predicted molar refractivity (Wildman–Crippen MR) is 24.7 cm³/mol. The maximum absolute atomic E-state index is 10.2. The number of rotatable bonds is 0. The summed E-state index contributed by atoms with van der Waals surface area (Å²) >= 11 is 0. The number of carbonyl (C=O) groups excluding carboxylic acids is 1. The van der Waals surface area contributed by atoms with Crippen molar-refractivity contribution in [2.75, 3.05) is 0 Å². The molecule has 8 heavy (non-hydrogen) atoms. The quantitative estimate of drug-likeness (QED) is 0.420. The van der Waals surface area contributed by atoms with Gasteiger partial charge in [-0.25, -0.2) is 0 Å². The van der Waals surface area contributed by atoms with Crippen LogP contribution in [0.1, 0.15) is 12.8 Å². The largest absolute Gasteiger partial charge is 0.447 e. The molecule has 0 bridgehead atoms. The van der Waals surface area contributed by atoms with Gasteiger partial charge in [0.25, 0.3) is 0 Å². The van der Waals surface area contributed by atoms with Crippen LogP contribution in [0.3, 0.4) is 0 Å². The van der Waals surface area contributed by atoms with E-state index in [9.17, 15) is 4.79 Å². The molecular weight excluding hydrogens is 106 g/mol. The van der Waals surface area contributed by atoms with Gasteiger partial charge in [0.2, 0.25) is 0 Å². The van der Waals surface area contributed by atoms with Crippen LogP contribution >= 0.6 is 0 Å². The summed E-state index contributed by atoms with van der Waals surface area (Å²) in [6, 6.07) is 1.85. The Hall–Kier alpha value is -1.04. The molecular formula is C5H5NO2. The third kappa shape index (κ3) is 0.784. The Morgan fingerprint density at radius 2 is 2.62 bits per heavy atom. The van der Waals surface area contributed by atoms with Gasteiger partial charge in [0.15, 0.2) is 6.10 Å². The molecule has 0 aromatic carbocycles. The van der Waals surface area contributed by atoms with E-state index in [2.05, 4.69) is 4.74 Å². The second kappa shape index (κ2) is 1.83. The van der Waals surface area contributed by atoms with Crippen molar-refractivity contribution in [3.05, 3.63) is 0 Å². The number of carbonyl (C=O) groups is 1. The molecule has 1 saturated heterocycles. The molecule has 1 aliphatic rings. The van der Waals surface area contributed by atoms with Crippen molar-refractivity contribution in [1.29, 1.82) is 5.26 Å². The van der Waals surface area contributed by atoms with Crippen LogP contribution in [0, 0.1) is 11.3 Å². The minimum Gasteiger partial charge on any atom is -0.447 e. The van der Waals surface area contributed by atoms with Gasteiger partial charge in [-0.15, -0.1) is 0 Å². The Morgan fingerprint density at radius 1 is 1.88 bits per heavy atom. The first kappa shape index (κ1) is 5.10. The van der Waals surface area contributed by atoms with E-state index in [0.29, 0.717) is 12.8 Å². The first-order valence-electron chi connectivity index (χ1n) is 2.42. The summed E-state index contributed by atoms with van der Waals surface area (Å²) in [6.45, 7) is 0. The Kier molecular flexibility index (Phi) is 1.17. The molecule has 0 amide bonds. The highest BCUT2D eigenvalue weighted by Gasteiger charge is 2.21. The lowest BCUT2D eigenvalue weighted by Gasteiger charge is -1.92. The van der Waals surface area contributed by atoms with Crippen molar-refractivity contribution in [3.63, 3.8) is 0 Å². The minimum absolute atomic E-state index is 0.253. The third-order valence-corrected chi connectivity index (χ3v) is 1.03. The number of nitrogens with zero attached hydrogens (tertiary/aromatic N) is 1. The number of cyclic esters (lactones) is 1. The zero-order chi connectivity index (χ0) is 5.98. The molecule has 1 rings (SSSR count). The summed E-state index contributed by atoms with van der Waals surface area (Å²) in [7, 11) is 0. The molecule has 0 aliphatic carbocycles. The zero-order valence-corrected chi connectivity index (χ0v) is 4.26. The normalized spacial score (nSPS) is 26.9. The average molecular weight is 111 g/mol. The zero-order valence-electron chi connectivity index (χ0n) is 4.26. The van der Waals surface area contributed by atoms with Crippen LogP contribution in [0.2, 0.25) is 0 Å². The molecule has 3 nitrogen and oxygen atoms in total.